The lowest BCUT2D eigenvalue weighted by molar-refractivity contribution is -0.133. The van der Waals surface area contributed by atoms with E-state index in [1.165, 1.54) is 12.1 Å². The van der Waals surface area contributed by atoms with Gasteiger partial charge in [0.2, 0.25) is 5.91 Å². The van der Waals surface area contributed by atoms with Crippen LogP contribution in [0.4, 0.5) is 4.39 Å². The van der Waals surface area contributed by atoms with E-state index in [-0.39, 0.29) is 36.1 Å². The molecule has 1 heterocycles. The third-order valence-corrected chi connectivity index (χ3v) is 4.53. The lowest BCUT2D eigenvalue weighted by Crippen LogP contribution is -2.42. The fourth-order valence-corrected chi connectivity index (χ4v) is 3.40. The zero-order valence-corrected chi connectivity index (χ0v) is 12.1. The van der Waals surface area contributed by atoms with Gasteiger partial charge < -0.3 is 10.0 Å². The minimum Gasteiger partial charge on any atom is -0.393 e. The second kappa shape index (κ2) is 5.73. The second-order valence-electron chi connectivity index (χ2n) is 6.05. The van der Waals surface area contributed by atoms with Crippen LogP contribution < -0.4 is 5.32 Å². The van der Waals surface area contributed by atoms with Crippen LogP contribution in [0.25, 0.3) is 0 Å². The van der Waals surface area contributed by atoms with Crippen molar-refractivity contribution in [2.75, 3.05) is 0 Å². The van der Waals surface area contributed by atoms with E-state index in [0.29, 0.717) is 0 Å². The van der Waals surface area contributed by atoms with Crippen LogP contribution >= 0.6 is 0 Å². The van der Waals surface area contributed by atoms with Gasteiger partial charge in [0.15, 0.2) is 0 Å². The maximum absolute atomic E-state index is 13.5. The number of hydrogen-bond acceptors (Lipinski definition) is 3. The maximum atomic E-state index is 13.5. The minimum absolute atomic E-state index is 0.0608. The van der Waals surface area contributed by atoms with Crippen molar-refractivity contribution in [2.45, 2.75) is 57.0 Å². The van der Waals surface area contributed by atoms with Crippen LogP contribution in [-0.2, 0) is 4.79 Å². The highest BCUT2D eigenvalue weighted by Gasteiger charge is 2.42. The van der Waals surface area contributed by atoms with Gasteiger partial charge in [-0.1, -0.05) is 12.1 Å². The molecule has 0 radical (unpaired) electrons. The molecule has 1 saturated heterocycles. The highest BCUT2D eigenvalue weighted by atomic mass is 19.1. The first-order chi connectivity index (χ1) is 10.1. The first-order valence-electron chi connectivity index (χ1n) is 7.58. The van der Waals surface area contributed by atoms with Crippen molar-refractivity contribution >= 4 is 5.91 Å². The van der Waals surface area contributed by atoms with Crippen LogP contribution in [0, 0.1) is 5.82 Å². The Bertz CT molecular complexity index is 529. The first-order valence-corrected chi connectivity index (χ1v) is 7.58. The summed E-state index contributed by atoms with van der Waals surface area (Å²) >= 11 is 0. The number of carbonyl (C=O) groups excluding carboxylic acids is 1. The van der Waals surface area contributed by atoms with Gasteiger partial charge in [-0.3, -0.25) is 10.1 Å². The van der Waals surface area contributed by atoms with Gasteiger partial charge >= 0.3 is 0 Å². The molecule has 1 aromatic carbocycles. The van der Waals surface area contributed by atoms with Crippen molar-refractivity contribution in [3.05, 3.63) is 35.6 Å². The van der Waals surface area contributed by atoms with Gasteiger partial charge in [-0.25, -0.2) is 4.39 Å². The van der Waals surface area contributed by atoms with E-state index < -0.39 is 0 Å². The molecule has 1 aromatic rings. The van der Waals surface area contributed by atoms with Gasteiger partial charge in [-0.15, -0.1) is 0 Å². The molecule has 0 spiro atoms. The summed E-state index contributed by atoms with van der Waals surface area (Å²) in [4.78, 5) is 14.3. The monoisotopic (exact) mass is 292 g/mol. The van der Waals surface area contributed by atoms with E-state index >= 15 is 0 Å². The Balaban J connectivity index is 1.86. The fraction of sp³-hybridized carbons (Fsp3) is 0.562. The van der Waals surface area contributed by atoms with Crippen molar-refractivity contribution in [1.29, 1.82) is 0 Å². The Morgan fingerprint density at radius 2 is 2.00 bits per heavy atom. The van der Waals surface area contributed by atoms with E-state index in [4.69, 9.17) is 0 Å². The van der Waals surface area contributed by atoms with Crippen molar-refractivity contribution in [2.24, 2.45) is 0 Å². The molecule has 1 aliphatic carbocycles. The van der Waals surface area contributed by atoms with E-state index in [9.17, 15) is 14.3 Å². The van der Waals surface area contributed by atoms with E-state index in [0.717, 1.165) is 31.2 Å². The number of amides is 1. The molecule has 114 valence electrons. The molecule has 2 N–H and O–H groups in total. The molecule has 3 rings (SSSR count). The molecule has 1 aliphatic heterocycles. The summed E-state index contributed by atoms with van der Waals surface area (Å²) in [5.74, 6) is -0.231. The Hall–Kier alpha value is -1.46. The van der Waals surface area contributed by atoms with E-state index in [1.54, 1.807) is 6.07 Å². The van der Waals surface area contributed by atoms with Gasteiger partial charge in [-0.2, -0.15) is 0 Å². The third-order valence-electron chi connectivity index (χ3n) is 4.53. The maximum Gasteiger partial charge on any atom is 0.241 e. The average Bonchev–Trinajstić information content (AvgIpc) is 2.76. The number of aliphatic hydroxyl groups is 1. The average molecular weight is 292 g/mol. The number of nitrogens with one attached hydrogen (secondary N) is 1. The largest absolute Gasteiger partial charge is 0.393 e. The van der Waals surface area contributed by atoms with Crippen molar-refractivity contribution < 1.29 is 14.3 Å². The zero-order chi connectivity index (χ0) is 15.0. The summed E-state index contributed by atoms with van der Waals surface area (Å²) < 4.78 is 13.5. The van der Waals surface area contributed by atoms with Gasteiger partial charge in [0, 0.05) is 6.04 Å². The summed E-state index contributed by atoms with van der Waals surface area (Å²) in [6.45, 7) is 1.84. The van der Waals surface area contributed by atoms with Crippen LogP contribution in [0.1, 0.15) is 44.3 Å². The molecule has 2 aliphatic rings. The third kappa shape index (κ3) is 2.80. The van der Waals surface area contributed by atoms with Crippen molar-refractivity contribution in [1.82, 2.24) is 10.2 Å². The number of nitrogens with zero attached hydrogens (tertiary/aromatic N) is 1. The minimum atomic E-state index is -0.291. The van der Waals surface area contributed by atoms with Crippen LogP contribution in [0.5, 0.6) is 0 Å². The molecule has 21 heavy (non-hydrogen) atoms. The molecule has 2 fully saturated rings. The standard InChI is InChI=1S/C16H21FN2O2/c1-10-16(21)19(13-5-7-14(20)8-6-13)15(18-10)11-3-2-4-12(17)9-11/h2-4,9-10,13-15,18,20H,5-8H2,1H3. The number of carbonyl (C=O) groups is 1. The number of halogens is 1. The molecule has 4 nitrogen and oxygen atoms in total. The molecule has 1 amide bonds. The number of rotatable bonds is 2. The molecular weight excluding hydrogens is 271 g/mol. The van der Waals surface area contributed by atoms with Gasteiger partial charge in [0.05, 0.1) is 12.1 Å². The SMILES string of the molecule is CC1NC(c2cccc(F)c2)N(C2CCC(O)CC2)C1=O. The first kappa shape index (κ1) is 14.5. The molecule has 2 unspecified atom stereocenters. The second-order valence-corrected chi connectivity index (χ2v) is 6.05. The Morgan fingerprint density at radius 3 is 2.67 bits per heavy atom. The predicted octanol–water partition coefficient (Wildman–Crippen LogP) is 1.95. The summed E-state index contributed by atoms with van der Waals surface area (Å²) in [6, 6.07) is 6.26. The summed E-state index contributed by atoms with van der Waals surface area (Å²) in [5.41, 5.74) is 0.777. The predicted molar refractivity (Wildman–Crippen MR) is 76.8 cm³/mol. The lowest BCUT2D eigenvalue weighted by Gasteiger charge is -2.36. The molecule has 5 heteroatoms. The molecular formula is C16H21FN2O2. The number of aliphatic hydroxyl groups excluding tert-OH is 1. The Morgan fingerprint density at radius 1 is 1.29 bits per heavy atom. The molecule has 0 aromatic heterocycles. The highest BCUT2D eigenvalue weighted by molar-refractivity contribution is 5.84. The van der Waals surface area contributed by atoms with E-state index in [2.05, 4.69) is 5.32 Å². The molecule has 2 atom stereocenters. The highest BCUT2D eigenvalue weighted by Crippen LogP contribution is 2.33. The van der Waals surface area contributed by atoms with Crippen LogP contribution in [0.2, 0.25) is 0 Å². The van der Waals surface area contributed by atoms with E-state index in [1.807, 2.05) is 17.9 Å². The van der Waals surface area contributed by atoms with Gasteiger partial charge in [-0.05, 0) is 50.3 Å². The van der Waals surface area contributed by atoms with Crippen molar-refractivity contribution in [3.63, 3.8) is 0 Å². The number of benzene rings is 1. The topological polar surface area (TPSA) is 52.6 Å². The van der Waals surface area contributed by atoms with Crippen molar-refractivity contribution in [3.8, 4) is 0 Å². The van der Waals surface area contributed by atoms with Crippen LogP contribution in [0.3, 0.4) is 0 Å². The van der Waals surface area contributed by atoms with Crippen LogP contribution in [-0.4, -0.2) is 34.1 Å². The lowest BCUT2D eigenvalue weighted by atomic mass is 9.91. The number of hydrogen-bond donors (Lipinski definition) is 2. The van der Waals surface area contributed by atoms with Gasteiger partial charge in [0.1, 0.15) is 12.0 Å². The fourth-order valence-electron chi connectivity index (χ4n) is 3.40. The molecule has 1 saturated carbocycles. The Labute approximate surface area is 124 Å². The summed E-state index contributed by atoms with van der Waals surface area (Å²) in [6.07, 6.45) is 2.51. The Kier molecular flexibility index (Phi) is 3.95. The normalized spacial score (nSPS) is 33.5. The summed E-state index contributed by atoms with van der Waals surface area (Å²) in [7, 11) is 0. The molecule has 0 bridgehead atoms. The smallest absolute Gasteiger partial charge is 0.241 e. The van der Waals surface area contributed by atoms with Crippen LogP contribution in [0.15, 0.2) is 24.3 Å². The van der Waals surface area contributed by atoms with Gasteiger partial charge in [0.25, 0.3) is 0 Å². The summed E-state index contributed by atoms with van der Waals surface area (Å²) in [5, 5.41) is 12.9. The quantitative estimate of drug-likeness (QED) is 0.876. The zero-order valence-electron chi connectivity index (χ0n) is 12.1.